The second-order valence-electron chi connectivity index (χ2n) is 23.9. The molecule has 17 aromatic rings. The van der Waals surface area contributed by atoms with Crippen molar-refractivity contribution in [2.24, 2.45) is 0 Å². The summed E-state index contributed by atoms with van der Waals surface area (Å²) in [5.74, 6) is 0.328. The number of benzene rings is 11. The summed E-state index contributed by atoms with van der Waals surface area (Å²) in [6.45, 7) is 15.7. The lowest BCUT2D eigenvalue weighted by molar-refractivity contribution is 0.573. The van der Waals surface area contributed by atoms with Gasteiger partial charge < -0.3 is 27.4 Å². The molecule has 0 saturated heterocycles. The average molecular weight is 1050 g/mol. The average Bonchev–Trinajstić information content (AvgIpc) is 3.50. The maximum atomic E-state index is 7.10. The number of fused-ring (bicyclic) bond motifs is 18. The Hall–Kier alpha value is -9.78. The number of anilines is 6. The van der Waals surface area contributed by atoms with Crippen LogP contribution in [0, 0.1) is 13.8 Å². The molecule has 0 radical (unpaired) electrons. The summed E-state index contributed by atoms with van der Waals surface area (Å²) in [7, 11) is 0. The Kier molecular flexibility index (Phi) is 9.35. The molecule has 6 nitrogen and oxygen atoms in total. The number of furan rings is 2. The van der Waals surface area contributed by atoms with Crippen molar-refractivity contribution in [3.05, 3.63) is 229 Å². The van der Waals surface area contributed by atoms with Crippen molar-refractivity contribution >= 4 is 154 Å². The highest BCUT2D eigenvalue weighted by atomic mass is 16.3. The number of rotatable bonds is 7. The molecule has 388 valence electrons. The van der Waals surface area contributed by atoms with Gasteiger partial charge in [-0.2, -0.15) is 0 Å². The van der Waals surface area contributed by atoms with Crippen molar-refractivity contribution < 1.29 is 8.83 Å². The van der Waals surface area contributed by atoms with Gasteiger partial charge in [0, 0.05) is 92.9 Å². The summed E-state index contributed by atoms with van der Waals surface area (Å²) >= 11 is 0. The number of aryl methyl sites for hydroxylation is 2. The van der Waals surface area contributed by atoms with Crippen LogP contribution in [0.4, 0.5) is 34.1 Å². The molecule has 11 aromatic carbocycles. The van der Waals surface area contributed by atoms with E-state index >= 15 is 0 Å². The van der Waals surface area contributed by atoms with Crippen LogP contribution in [0.1, 0.15) is 62.8 Å². The highest BCUT2D eigenvalue weighted by Gasteiger charge is 2.29. The molecule has 0 N–H and O–H groups in total. The van der Waals surface area contributed by atoms with Crippen LogP contribution >= 0.6 is 0 Å². The predicted molar refractivity (Wildman–Crippen MR) is 342 cm³/mol. The zero-order chi connectivity index (χ0) is 54.3. The molecule has 6 heterocycles. The Morgan fingerprint density at radius 3 is 1.22 bits per heavy atom. The van der Waals surface area contributed by atoms with Crippen molar-refractivity contribution in [2.75, 3.05) is 9.80 Å². The van der Waals surface area contributed by atoms with Crippen molar-refractivity contribution in [1.82, 2.24) is 8.80 Å². The Labute approximate surface area is 467 Å². The molecule has 0 aliphatic rings. The third kappa shape index (κ3) is 6.27. The lowest BCUT2D eigenvalue weighted by Crippen LogP contribution is -2.11. The van der Waals surface area contributed by atoms with E-state index in [9.17, 15) is 0 Å². The van der Waals surface area contributed by atoms with Gasteiger partial charge >= 0.3 is 0 Å². The lowest BCUT2D eigenvalue weighted by atomic mass is 9.86. The molecule has 0 bridgehead atoms. The van der Waals surface area contributed by atoms with Crippen LogP contribution in [0.2, 0.25) is 0 Å². The van der Waals surface area contributed by atoms with Gasteiger partial charge in [0.05, 0.1) is 44.5 Å². The van der Waals surface area contributed by atoms with Crippen LogP contribution < -0.4 is 9.80 Å². The highest BCUT2D eigenvalue weighted by molar-refractivity contribution is 6.29. The normalized spacial score (nSPS) is 12.7. The molecular weight excluding hydrogens is 989 g/mol. The lowest BCUT2D eigenvalue weighted by Gasteiger charge is -2.27. The Balaban J connectivity index is 0.853. The Morgan fingerprint density at radius 2 is 0.753 bits per heavy atom. The first-order chi connectivity index (χ1) is 39.5. The van der Waals surface area contributed by atoms with E-state index < -0.39 is 0 Å². The zero-order valence-electron chi connectivity index (χ0n) is 46.3. The number of hydrogen-bond donors (Lipinski definition) is 0. The van der Waals surface area contributed by atoms with Gasteiger partial charge in [-0.3, -0.25) is 0 Å². The molecule has 0 aliphatic heterocycles. The molecule has 0 unspecified atom stereocenters. The van der Waals surface area contributed by atoms with E-state index in [0.29, 0.717) is 5.92 Å². The summed E-state index contributed by atoms with van der Waals surface area (Å²) in [4.78, 5) is 4.81. The molecule has 0 amide bonds. The summed E-state index contributed by atoms with van der Waals surface area (Å²) in [6, 6.07) is 76.4. The fourth-order valence-corrected chi connectivity index (χ4v) is 14.2. The standard InChI is InChI=1S/C75H56N4O2/c1-42(2)49-22-14-27-54-56-34-30-43(3)67(73(56)80-71(49)54)76(45-18-10-8-11-19-45)47-32-36-63-58(38-47)50-23-15-25-52-60-41-66-61(40-65(60)78(63)69(50)52)53-26-16-24-51-59-39-48(33-37-64(59)79(66)70(51)53)77(46-20-12-9-13-21-46)68-44(4)31-35-57-55-28-17-29-62(75(5,6)7)72(55)81-74(57)68/h8-42H,1-7H3. The topological polar surface area (TPSA) is 41.6 Å². The molecular formula is C75H56N4O2. The fraction of sp³-hybridized carbons (Fsp3) is 0.120. The largest absolute Gasteiger partial charge is 0.454 e. The van der Waals surface area contributed by atoms with Crippen molar-refractivity contribution in [2.45, 2.75) is 59.8 Å². The quantitative estimate of drug-likeness (QED) is 0.160. The minimum atomic E-state index is -0.0837. The number of para-hydroxylation sites is 6. The monoisotopic (exact) mass is 1040 g/mol. The third-order valence-corrected chi connectivity index (χ3v) is 17.9. The summed E-state index contributed by atoms with van der Waals surface area (Å²) in [5.41, 5.74) is 22.1. The molecule has 0 aliphatic carbocycles. The maximum Gasteiger partial charge on any atom is 0.159 e. The van der Waals surface area contributed by atoms with E-state index in [0.717, 1.165) is 89.1 Å². The van der Waals surface area contributed by atoms with Crippen molar-refractivity contribution in [3.8, 4) is 0 Å². The minimum absolute atomic E-state index is 0.0837. The first kappa shape index (κ1) is 46.2. The van der Waals surface area contributed by atoms with Gasteiger partial charge in [0.15, 0.2) is 11.2 Å². The maximum absolute atomic E-state index is 7.10. The minimum Gasteiger partial charge on any atom is -0.454 e. The van der Waals surface area contributed by atoms with Gasteiger partial charge in [0.2, 0.25) is 0 Å². The second kappa shape index (κ2) is 16.4. The van der Waals surface area contributed by atoms with Gasteiger partial charge in [-0.25, -0.2) is 0 Å². The van der Waals surface area contributed by atoms with Gasteiger partial charge in [-0.15, -0.1) is 0 Å². The second-order valence-corrected chi connectivity index (χ2v) is 23.9. The summed E-state index contributed by atoms with van der Waals surface area (Å²) in [5, 5.41) is 14.5. The molecule has 17 rings (SSSR count). The van der Waals surface area contributed by atoms with E-state index in [1.165, 1.54) is 87.3 Å². The van der Waals surface area contributed by atoms with Gasteiger partial charge in [0.1, 0.15) is 11.2 Å². The van der Waals surface area contributed by atoms with Crippen LogP contribution in [0.15, 0.2) is 215 Å². The fourth-order valence-electron chi connectivity index (χ4n) is 14.2. The summed E-state index contributed by atoms with van der Waals surface area (Å²) < 4.78 is 19.2. The van der Waals surface area contributed by atoms with Crippen LogP contribution in [0.3, 0.4) is 0 Å². The number of nitrogens with zero attached hydrogens (tertiary/aromatic N) is 4. The molecule has 0 atom stereocenters. The molecule has 0 saturated carbocycles. The first-order valence-electron chi connectivity index (χ1n) is 28.4. The number of hydrogen-bond acceptors (Lipinski definition) is 4. The molecule has 6 aromatic heterocycles. The van der Waals surface area contributed by atoms with E-state index in [1.54, 1.807) is 0 Å². The highest BCUT2D eigenvalue weighted by Crippen LogP contribution is 2.51. The van der Waals surface area contributed by atoms with Crippen LogP contribution in [-0.4, -0.2) is 8.80 Å². The zero-order valence-corrected chi connectivity index (χ0v) is 46.3. The van der Waals surface area contributed by atoms with E-state index in [-0.39, 0.29) is 5.41 Å². The van der Waals surface area contributed by atoms with E-state index in [4.69, 9.17) is 8.83 Å². The van der Waals surface area contributed by atoms with Gasteiger partial charge in [-0.1, -0.05) is 168 Å². The van der Waals surface area contributed by atoms with Crippen molar-refractivity contribution in [1.29, 1.82) is 0 Å². The van der Waals surface area contributed by atoms with Crippen LogP contribution in [0.25, 0.3) is 120 Å². The molecule has 81 heavy (non-hydrogen) atoms. The van der Waals surface area contributed by atoms with Crippen molar-refractivity contribution in [3.63, 3.8) is 0 Å². The molecule has 6 heteroatoms. The smallest absolute Gasteiger partial charge is 0.159 e. The van der Waals surface area contributed by atoms with Crippen LogP contribution in [-0.2, 0) is 5.41 Å². The molecule has 0 fully saturated rings. The third-order valence-electron chi connectivity index (χ3n) is 17.9. The molecule has 0 spiro atoms. The Bertz CT molecular complexity index is 5450. The van der Waals surface area contributed by atoms with Gasteiger partial charge in [-0.05, 0) is 115 Å². The predicted octanol–water partition coefficient (Wildman–Crippen LogP) is 21.8. The first-order valence-corrected chi connectivity index (χ1v) is 28.4. The van der Waals surface area contributed by atoms with E-state index in [2.05, 4.69) is 273 Å². The van der Waals surface area contributed by atoms with Crippen LogP contribution in [0.5, 0.6) is 0 Å². The van der Waals surface area contributed by atoms with E-state index in [1.807, 2.05) is 0 Å². The SMILES string of the molecule is Cc1ccc2c(oc3c(C(C)C)cccc32)c1N(c1ccccc1)c1ccc2c(c1)c1cccc3c4cc5c(cc4n2c13)c1cccc2c3cc(N(c4ccccc4)c4c(C)ccc6c4oc4c(C(C)(C)C)cccc46)ccc3n5c21. The Morgan fingerprint density at radius 1 is 0.346 bits per heavy atom. The number of aromatic nitrogens is 2. The summed E-state index contributed by atoms with van der Waals surface area (Å²) in [6.07, 6.45) is 0. The van der Waals surface area contributed by atoms with Gasteiger partial charge in [0.25, 0.3) is 0 Å².